The summed E-state index contributed by atoms with van der Waals surface area (Å²) in [6, 6.07) is 1.83. The maximum absolute atomic E-state index is 12.3. The zero-order valence-electron chi connectivity index (χ0n) is 9.49. The van der Waals surface area contributed by atoms with Gasteiger partial charge < -0.3 is 11.1 Å². The Balaban J connectivity index is 2.26. The molecule has 1 atom stereocenters. The van der Waals surface area contributed by atoms with Gasteiger partial charge in [-0.15, -0.1) is 0 Å². The lowest BCUT2D eigenvalue weighted by molar-refractivity contribution is 0.0899. The van der Waals surface area contributed by atoms with Gasteiger partial charge in [0, 0.05) is 18.7 Å². The average Bonchev–Trinajstić information content (AvgIpc) is 2.30. The van der Waals surface area contributed by atoms with Gasteiger partial charge in [-0.25, -0.2) is 4.98 Å². The molecule has 4 nitrogen and oxygen atoms in total. The second-order valence-corrected chi connectivity index (χ2v) is 4.30. The van der Waals surface area contributed by atoms with Crippen LogP contribution < -0.4 is 11.1 Å². The molecule has 0 saturated carbocycles. The van der Waals surface area contributed by atoms with E-state index in [0.717, 1.165) is 31.5 Å². The highest BCUT2D eigenvalue weighted by atomic mass is 16.1. The van der Waals surface area contributed by atoms with Crippen LogP contribution in [-0.2, 0) is 0 Å². The van der Waals surface area contributed by atoms with Crippen LogP contribution in [0.2, 0.25) is 0 Å². The number of nitrogens with two attached hydrogens (primary N) is 1. The normalized spacial score (nSPS) is 20.7. The fraction of sp³-hybridized carbons (Fsp3) is 0.500. The molecule has 1 unspecified atom stereocenters. The maximum Gasteiger partial charge on any atom is 0.171 e. The van der Waals surface area contributed by atoms with Crippen molar-refractivity contribution in [1.82, 2.24) is 10.3 Å². The van der Waals surface area contributed by atoms with E-state index >= 15 is 0 Å². The van der Waals surface area contributed by atoms with E-state index in [-0.39, 0.29) is 11.7 Å². The molecule has 4 heteroatoms. The molecule has 1 aromatic heterocycles. The standard InChI is InChI=1S/C12H17N3O/c1-8-4-6-15-12(13)10(8)11(16)9-3-2-5-14-7-9/h4,6,9,14H,2-3,5,7H2,1H3,(H2,13,15). The highest BCUT2D eigenvalue weighted by Gasteiger charge is 2.25. The zero-order valence-corrected chi connectivity index (χ0v) is 9.49. The predicted octanol–water partition coefficient (Wildman–Crippen LogP) is 1.15. The molecule has 2 heterocycles. The second-order valence-electron chi connectivity index (χ2n) is 4.30. The van der Waals surface area contributed by atoms with Crippen LogP contribution in [0.25, 0.3) is 0 Å². The summed E-state index contributed by atoms with van der Waals surface area (Å²) < 4.78 is 0. The van der Waals surface area contributed by atoms with Crippen LogP contribution in [0, 0.1) is 12.8 Å². The lowest BCUT2D eigenvalue weighted by Gasteiger charge is -2.22. The molecule has 0 spiro atoms. The van der Waals surface area contributed by atoms with E-state index < -0.39 is 0 Å². The number of nitrogens with zero attached hydrogens (tertiary/aromatic N) is 1. The number of carbonyl (C=O) groups is 1. The van der Waals surface area contributed by atoms with E-state index in [2.05, 4.69) is 10.3 Å². The van der Waals surface area contributed by atoms with Crippen LogP contribution in [-0.4, -0.2) is 23.9 Å². The van der Waals surface area contributed by atoms with Crippen molar-refractivity contribution in [3.8, 4) is 0 Å². The van der Waals surface area contributed by atoms with Gasteiger partial charge in [0.2, 0.25) is 0 Å². The minimum atomic E-state index is 0.0546. The van der Waals surface area contributed by atoms with Crippen molar-refractivity contribution in [2.45, 2.75) is 19.8 Å². The first-order valence-electron chi connectivity index (χ1n) is 5.66. The Labute approximate surface area is 95.3 Å². The molecule has 16 heavy (non-hydrogen) atoms. The molecule has 0 aromatic carbocycles. The van der Waals surface area contributed by atoms with Crippen molar-refractivity contribution in [1.29, 1.82) is 0 Å². The highest BCUT2D eigenvalue weighted by Crippen LogP contribution is 2.22. The van der Waals surface area contributed by atoms with Crippen molar-refractivity contribution in [2.75, 3.05) is 18.8 Å². The summed E-state index contributed by atoms with van der Waals surface area (Å²) in [5.74, 6) is 0.546. The summed E-state index contributed by atoms with van der Waals surface area (Å²) in [5, 5.41) is 3.24. The van der Waals surface area contributed by atoms with Crippen molar-refractivity contribution in [2.24, 2.45) is 5.92 Å². The summed E-state index contributed by atoms with van der Waals surface area (Å²) in [5.41, 5.74) is 7.30. The molecule has 2 rings (SSSR count). The van der Waals surface area contributed by atoms with Crippen LogP contribution in [0.3, 0.4) is 0 Å². The number of nitrogens with one attached hydrogen (secondary N) is 1. The summed E-state index contributed by atoms with van der Waals surface area (Å²) in [4.78, 5) is 16.3. The van der Waals surface area contributed by atoms with E-state index in [0.29, 0.717) is 11.4 Å². The van der Waals surface area contributed by atoms with Gasteiger partial charge in [0.15, 0.2) is 5.78 Å². The van der Waals surface area contributed by atoms with Crippen molar-refractivity contribution >= 4 is 11.6 Å². The Bertz CT molecular complexity index is 377. The number of Topliss-reactive ketones (excluding diaryl/α,β-unsaturated/α-hetero) is 1. The number of nitrogen functional groups attached to an aromatic ring is 1. The first kappa shape index (κ1) is 11.1. The molecule has 1 aromatic rings. The van der Waals surface area contributed by atoms with Gasteiger partial charge in [0.25, 0.3) is 0 Å². The van der Waals surface area contributed by atoms with Gasteiger partial charge in [0.05, 0.1) is 5.56 Å². The van der Waals surface area contributed by atoms with Crippen LogP contribution in [0.5, 0.6) is 0 Å². The lowest BCUT2D eigenvalue weighted by atomic mass is 9.89. The van der Waals surface area contributed by atoms with Gasteiger partial charge in [-0.05, 0) is 37.9 Å². The van der Waals surface area contributed by atoms with Crippen LogP contribution in [0.1, 0.15) is 28.8 Å². The Kier molecular flexibility index (Phi) is 3.19. The third-order valence-corrected chi connectivity index (χ3v) is 3.10. The third-order valence-electron chi connectivity index (χ3n) is 3.10. The molecule has 1 saturated heterocycles. The zero-order chi connectivity index (χ0) is 11.5. The van der Waals surface area contributed by atoms with Crippen molar-refractivity contribution in [3.63, 3.8) is 0 Å². The number of ketones is 1. The summed E-state index contributed by atoms with van der Waals surface area (Å²) in [7, 11) is 0. The van der Waals surface area contributed by atoms with Gasteiger partial charge in [-0.1, -0.05) is 0 Å². The van der Waals surface area contributed by atoms with Gasteiger partial charge in [-0.3, -0.25) is 4.79 Å². The van der Waals surface area contributed by atoms with E-state index in [1.54, 1.807) is 6.20 Å². The topological polar surface area (TPSA) is 68.0 Å². The van der Waals surface area contributed by atoms with Gasteiger partial charge >= 0.3 is 0 Å². The Morgan fingerprint density at radius 3 is 3.06 bits per heavy atom. The fourth-order valence-corrected chi connectivity index (χ4v) is 2.18. The minimum absolute atomic E-state index is 0.0546. The van der Waals surface area contributed by atoms with Crippen LogP contribution in [0.15, 0.2) is 12.3 Å². The van der Waals surface area contributed by atoms with E-state index in [1.165, 1.54) is 0 Å². The number of hydrogen-bond donors (Lipinski definition) is 2. The Morgan fingerprint density at radius 2 is 2.44 bits per heavy atom. The number of aryl methyl sites for hydroxylation is 1. The van der Waals surface area contributed by atoms with Gasteiger partial charge in [-0.2, -0.15) is 0 Å². The number of piperidine rings is 1. The van der Waals surface area contributed by atoms with Gasteiger partial charge in [0.1, 0.15) is 5.82 Å². The predicted molar refractivity (Wildman–Crippen MR) is 63.3 cm³/mol. The number of aromatic nitrogens is 1. The molecule has 1 aliphatic rings. The molecular formula is C12H17N3O. The summed E-state index contributed by atoms with van der Waals surface area (Å²) >= 11 is 0. The summed E-state index contributed by atoms with van der Waals surface area (Å²) in [6.07, 6.45) is 3.63. The first-order valence-corrected chi connectivity index (χ1v) is 5.66. The maximum atomic E-state index is 12.3. The number of carbonyl (C=O) groups excluding carboxylic acids is 1. The second kappa shape index (κ2) is 4.61. The highest BCUT2D eigenvalue weighted by molar-refractivity contribution is 6.02. The fourth-order valence-electron chi connectivity index (χ4n) is 2.18. The molecule has 0 aliphatic carbocycles. The number of hydrogen-bond acceptors (Lipinski definition) is 4. The molecule has 1 fully saturated rings. The van der Waals surface area contributed by atoms with Crippen molar-refractivity contribution < 1.29 is 4.79 Å². The SMILES string of the molecule is Cc1ccnc(N)c1C(=O)C1CCCNC1. The van der Waals surface area contributed by atoms with Crippen LogP contribution >= 0.6 is 0 Å². The Morgan fingerprint density at radius 1 is 1.62 bits per heavy atom. The average molecular weight is 219 g/mol. The number of rotatable bonds is 2. The minimum Gasteiger partial charge on any atom is -0.383 e. The molecule has 0 amide bonds. The summed E-state index contributed by atoms with van der Waals surface area (Å²) in [6.45, 7) is 3.67. The van der Waals surface area contributed by atoms with Crippen LogP contribution in [0.4, 0.5) is 5.82 Å². The number of pyridine rings is 1. The molecule has 0 bridgehead atoms. The van der Waals surface area contributed by atoms with E-state index in [4.69, 9.17) is 5.73 Å². The number of anilines is 1. The lowest BCUT2D eigenvalue weighted by Crippen LogP contribution is -2.35. The smallest absolute Gasteiger partial charge is 0.171 e. The Hall–Kier alpha value is -1.42. The third kappa shape index (κ3) is 2.07. The van der Waals surface area contributed by atoms with E-state index in [9.17, 15) is 4.79 Å². The first-order chi connectivity index (χ1) is 7.70. The molecular weight excluding hydrogens is 202 g/mol. The quantitative estimate of drug-likeness (QED) is 0.732. The molecule has 3 N–H and O–H groups in total. The molecule has 86 valence electrons. The molecule has 1 aliphatic heterocycles. The van der Waals surface area contributed by atoms with E-state index in [1.807, 2.05) is 13.0 Å². The monoisotopic (exact) mass is 219 g/mol. The molecule has 0 radical (unpaired) electrons. The largest absolute Gasteiger partial charge is 0.383 e. The van der Waals surface area contributed by atoms with Crippen molar-refractivity contribution in [3.05, 3.63) is 23.4 Å².